The fourth-order valence-corrected chi connectivity index (χ4v) is 2.30. The predicted octanol–water partition coefficient (Wildman–Crippen LogP) is 3.55. The first-order valence-corrected chi connectivity index (χ1v) is 7.88. The van der Waals surface area contributed by atoms with Crippen molar-refractivity contribution < 1.29 is 9.53 Å². The molecule has 1 amide bonds. The second-order valence-electron chi connectivity index (χ2n) is 6.62. The van der Waals surface area contributed by atoms with Crippen molar-refractivity contribution in [3.8, 4) is 11.8 Å². The fourth-order valence-electron chi connectivity index (χ4n) is 2.30. The Morgan fingerprint density at radius 2 is 1.79 bits per heavy atom. The van der Waals surface area contributed by atoms with Gasteiger partial charge < -0.3 is 10.1 Å². The van der Waals surface area contributed by atoms with Gasteiger partial charge in [0.05, 0.1) is 11.6 Å². The van der Waals surface area contributed by atoms with Crippen LogP contribution < -0.4 is 10.1 Å². The van der Waals surface area contributed by atoms with E-state index in [2.05, 4.69) is 32.2 Å². The van der Waals surface area contributed by atoms with E-state index in [-0.39, 0.29) is 17.9 Å². The fraction of sp³-hybridized carbons (Fsp3) is 0.300. The molecule has 4 heteroatoms. The van der Waals surface area contributed by atoms with Crippen LogP contribution in [0.1, 0.15) is 37.5 Å². The molecule has 0 saturated carbocycles. The molecular formula is C20H22N2O2. The van der Waals surface area contributed by atoms with Gasteiger partial charge in [0.25, 0.3) is 5.91 Å². The van der Waals surface area contributed by atoms with Crippen LogP contribution in [0.2, 0.25) is 0 Å². The van der Waals surface area contributed by atoms with Gasteiger partial charge in [0.15, 0.2) is 6.61 Å². The summed E-state index contributed by atoms with van der Waals surface area (Å²) in [5.41, 5.74) is 2.57. The largest absolute Gasteiger partial charge is 0.483 e. The van der Waals surface area contributed by atoms with Gasteiger partial charge in [-0.15, -0.1) is 0 Å². The van der Waals surface area contributed by atoms with Gasteiger partial charge >= 0.3 is 0 Å². The van der Waals surface area contributed by atoms with Crippen LogP contribution in [0, 0.1) is 11.3 Å². The number of carbonyl (C=O) groups excluding carboxylic acids is 1. The lowest BCUT2D eigenvalue weighted by molar-refractivity contribution is -0.123. The maximum Gasteiger partial charge on any atom is 0.258 e. The van der Waals surface area contributed by atoms with Crippen LogP contribution in [-0.2, 0) is 16.8 Å². The number of ether oxygens (including phenoxy) is 1. The number of hydrogen-bond donors (Lipinski definition) is 1. The lowest BCUT2D eigenvalue weighted by Crippen LogP contribution is -2.29. The van der Waals surface area contributed by atoms with Crippen molar-refractivity contribution >= 4 is 5.91 Å². The molecule has 124 valence electrons. The SMILES string of the molecule is CC(C)(C)c1ccccc1OCC(=O)NCc1ccc(C#N)cc1. The number of hydrogen-bond acceptors (Lipinski definition) is 3. The summed E-state index contributed by atoms with van der Waals surface area (Å²) in [7, 11) is 0. The lowest BCUT2D eigenvalue weighted by Gasteiger charge is -2.22. The molecule has 0 aliphatic carbocycles. The first-order valence-electron chi connectivity index (χ1n) is 7.88. The maximum absolute atomic E-state index is 12.0. The molecule has 0 bridgehead atoms. The van der Waals surface area contributed by atoms with Crippen LogP contribution in [0.5, 0.6) is 5.75 Å². The van der Waals surface area contributed by atoms with Gasteiger partial charge in [0.2, 0.25) is 0 Å². The summed E-state index contributed by atoms with van der Waals surface area (Å²) in [5, 5.41) is 11.6. The zero-order valence-corrected chi connectivity index (χ0v) is 14.3. The van der Waals surface area contributed by atoms with Crippen molar-refractivity contribution in [1.82, 2.24) is 5.32 Å². The van der Waals surface area contributed by atoms with Gasteiger partial charge in [0, 0.05) is 6.54 Å². The van der Waals surface area contributed by atoms with E-state index in [0.717, 1.165) is 16.9 Å². The molecule has 1 N–H and O–H groups in total. The summed E-state index contributed by atoms with van der Waals surface area (Å²) in [5.74, 6) is 0.557. The zero-order valence-electron chi connectivity index (χ0n) is 14.3. The molecule has 4 nitrogen and oxygen atoms in total. The van der Waals surface area contributed by atoms with Gasteiger partial charge in [-0.25, -0.2) is 0 Å². The number of para-hydroxylation sites is 1. The Morgan fingerprint density at radius 1 is 1.12 bits per heavy atom. The highest BCUT2D eigenvalue weighted by Crippen LogP contribution is 2.30. The number of amides is 1. The summed E-state index contributed by atoms with van der Waals surface area (Å²) < 4.78 is 5.70. The van der Waals surface area contributed by atoms with E-state index in [0.29, 0.717) is 12.1 Å². The number of benzene rings is 2. The van der Waals surface area contributed by atoms with Crippen molar-refractivity contribution in [3.05, 3.63) is 65.2 Å². The summed E-state index contributed by atoms with van der Waals surface area (Å²) in [4.78, 5) is 12.0. The summed E-state index contributed by atoms with van der Waals surface area (Å²) >= 11 is 0. The Balaban J connectivity index is 1.89. The van der Waals surface area contributed by atoms with Gasteiger partial charge in [0.1, 0.15) is 5.75 Å². The maximum atomic E-state index is 12.0. The quantitative estimate of drug-likeness (QED) is 0.915. The third-order valence-corrected chi connectivity index (χ3v) is 3.63. The van der Waals surface area contributed by atoms with Crippen molar-refractivity contribution in [2.75, 3.05) is 6.61 Å². The van der Waals surface area contributed by atoms with Crippen LogP contribution in [0.3, 0.4) is 0 Å². The molecular weight excluding hydrogens is 300 g/mol. The monoisotopic (exact) mass is 322 g/mol. The van der Waals surface area contributed by atoms with Gasteiger partial charge in [-0.3, -0.25) is 4.79 Å². The molecule has 0 aromatic heterocycles. The lowest BCUT2D eigenvalue weighted by atomic mass is 9.86. The first-order chi connectivity index (χ1) is 11.4. The molecule has 0 spiro atoms. The predicted molar refractivity (Wildman–Crippen MR) is 93.6 cm³/mol. The highest BCUT2D eigenvalue weighted by Gasteiger charge is 2.18. The minimum absolute atomic E-state index is 0.0244. The molecule has 0 heterocycles. The average Bonchev–Trinajstić information content (AvgIpc) is 2.58. The minimum Gasteiger partial charge on any atom is -0.483 e. The first kappa shape index (κ1) is 17.6. The number of carbonyl (C=O) groups is 1. The number of nitrogens with one attached hydrogen (secondary N) is 1. The van der Waals surface area contributed by atoms with Crippen LogP contribution in [0.15, 0.2) is 48.5 Å². The second kappa shape index (κ2) is 7.65. The van der Waals surface area contributed by atoms with Crippen LogP contribution in [0.4, 0.5) is 0 Å². The molecule has 0 atom stereocenters. The average molecular weight is 322 g/mol. The topological polar surface area (TPSA) is 62.1 Å². The van der Waals surface area contributed by atoms with Crippen molar-refractivity contribution in [2.24, 2.45) is 0 Å². The molecule has 2 rings (SSSR count). The Kier molecular flexibility index (Phi) is 5.59. The Labute approximate surface area is 143 Å². The van der Waals surface area contributed by atoms with Crippen LogP contribution in [0.25, 0.3) is 0 Å². The van der Waals surface area contributed by atoms with E-state index in [4.69, 9.17) is 10.00 Å². The Hall–Kier alpha value is -2.80. The van der Waals surface area contributed by atoms with E-state index in [1.807, 2.05) is 36.4 Å². The van der Waals surface area contributed by atoms with E-state index >= 15 is 0 Å². The third-order valence-electron chi connectivity index (χ3n) is 3.63. The summed E-state index contributed by atoms with van der Waals surface area (Å²) in [6, 6.07) is 17.0. The molecule has 2 aromatic rings. The molecule has 0 unspecified atom stereocenters. The van der Waals surface area contributed by atoms with Crippen LogP contribution in [-0.4, -0.2) is 12.5 Å². The van der Waals surface area contributed by atoms with Crippen LogP contribution >= 0.6 is 0 Å². The molecule has 0 aliphatic rings. The normalized spacial score (nSPS) is 10.8. The van der Waals surface area contributed by atoms with Gasteiger partial charge in [-0.05, 0) is 34.7 Å². The zero-order chi connectivity index (χ0) is 17.6. The summed E-state index contributed by atoms with van der Waals surface area (Å²) in [6.45, 7) is 6.72. The highest BCUT2D eigenvalue weighted by molar-refractivity contribution is 5.77. The van der Waals surface area contributed by atoms with Gasteiger partial charge in [-0.1, -0.05) is 51.1 Å². The van der Waals surface area contributed by atoms with Crippen molar-refractivity contribution in [1.29, 1.82) is 5.26 Å². The smallest absolute Gasteiger partial charge is 0.258 e. The molecule has 2 aromatic carbocycles. The van der Waals surface area contributed by atoms with E-state index in [1.165, 1.54) is 0 Å². The Morgan fingerprint density at radius 3 is 2.42 bits per heavy atom. The standard InChI is InChI=1S/C20H22N2O2/c1-20(2,3)17-6-4-5-7-18(17)24-14-19(23)22-13-16-10-8-15(12-21)9-11-16/h4-11H,13-14H2,1-3H3,(H,22,23). The van der Waals surface area contributed by atoms with Gasteiger partial charge in [-0.2, -0.15) is 5.26 Å². The minimum atomic E-state index is -0.178. The molecule has 0 radical (unpaired) electrons. The van der Waals surface area contributed by atoms with E-state index < -0.39 is 0 Å². The van der Waals surface area contributed by atoms with E-state index in [9.17, 15) is 4.79 Å². The van der Waals surface area contributed by atoms with Crippen molar-refractivity contribution in [3.63, 3.8) is 0 Å². The van der Waals surface area contributed by atoms with Crippen molar-refractivity contribution in [2.45, 2.75) is 32.7 Å². The molecule has 0 aliphatic heterocycles. The molecule has 24 heavy (non-hydrogen) atoms. The number of nitrogens with zero attached hydrogens (tertiary/aromatic N) is 1. The Bertz CT molecular complexity index is 737. The number of rotatable bonds is 5. The second-order valence-corrected chi connectivity index (χ2v) is 6.62. The summed E-state index contributed by atoms with van der Waals surface area (Å²) in [6.07, 6.45) is 0. The third kappa shape index (κ3) is 4.85. The van der Waals surface area contributed by atoms with E-state index in [1.54, 1.807) is 12.1 Å². The molecule has 0 fully saturated rings. The highest BCUT2D eigenvalue weighted by atomic mass is 16.5. The number of nitriles is 1. The molecule has 0 saturated heterocycles.